The molecule has 2 aromatic rings. The molecule has 4 rings (SSSR count). The van der Waals surface area contributed by atoms with E-state index in [1.807, 2.05) is 25.9 Å². The SMILES string of the molecule is C=CC(=O)N1CCN(c2nc(OC(C)CN(C)C)nc3c2CCN(c2cc(OC(F)(F)F)ccc2O)C3)CC1. The van der Waals surface area contributed by atoms with Crippen molar-refractivity contribution in [1.82, 2.24) is 19.8 Å². The Morgan fingerprint density at radius 1 is 1.18 bits per heavy atom. The molecule has 0 aliphatic carbocycles. The molecule has 1 unspecified atom stereocenters. The van der Waals surface area contributed by atoms with Crippen LogP contribution in [0.3, 0.4) is 0 Å². The van der Waals surface area contributed by atoms with Crippen molar-refractivity contribution in [2.75, 3.05) is 63.2 Å². The van der Waals surface area contributed by atoms with Crippen LogP contribution in [0.25, 0.3) is 0 Å². The van der Waals surface area contributed by atoms with E-state index < -0.39 is 12.1 Å². The number of aromatic nitrogens is 2. The molecule has 0 saturated carbocycles. The number of nitrogens with zero attached hydrogens (tertiary/aromatic N) is 6. The van der Waals surface area contributed by atoms with Gasteiger partial charge < -0.3 is 34.2 Å². The van der Waals surface area contributed by atoms with Gasteiger partial charge in [-0.3, -0.25) is 4.79 Å². The summed E-state index contributed by atoms with van der Waals surface area (Å²) in [6.45, 7) is 8.92. The Balaban J connectivity index is 1.64. The summed E-state index contributed by atoms with van der Waals surface area (Å²) in [6.07, 6.45) is -3.25. The van der Waals surface area contributed by atoms with Crippen molar-refractivity contribution in [1.29, 1.82) is 0 Å². The van der Waals surface area contributed by atoms with Crippen LogP contribution in [-0.2, 0) is 17.8 Å². The Morgan fingerprint density at radius 2 is 1.90 bits per heavy atom. The number of hydrogen-bond acceptors (Lipinski definition) is 9. The lowest BCUT2D eigenvalue weighted by atomic mass is 10.0. The maximum Gasteiger partial charge on any atom is 0.573 e. The van der Waals surface area contributed by atoms with E-state index in [1.54, 1.807) is 9.80 Å². The van der Waals surface area contributed by atoms with Gasteiger partial charge >= 0.3 is 12.4 Å². The third-order valence-corrected chi connectivity index (χ3v) is 6.54. The molecule has 13 heteroatoms. The molecule has 1 amide bonds. The zero-order valence-corrected chi connectivity index (χ0v) is 22.2. The van der Waals surface area contributed by atoms with Gasteiger partial charge in [0, 0.05) is 50.9 Å². The largest absolute Gasteiger partial charge is 0.573 e. The molecule has 212 valence electrons. The normalized spacial score (nSPS) is 16.6. The molecule has 0 bridgehead atoms. The Bertz CT molecular complexity index is 1200. The van der Waals surface area contributed by atoms with Gasteiger partial charge in [-0.2, -0.15) is 9.97 Å². The minimum Gasteiger partial charge on any atom is -0.506 e. The van der Waals surface area contributed by atoms with E-state index in [9.17, 15) is 23.1 Å². The van der Waals surface area contributed by atoms with Crippen molar-refractivity contribution in [2.45, 2.75) is 32.4 Å². The number of phenolic OH excluding ortho intramolecular Hbond substituents is 1. The van der Waals surface area contributed by atoms with Gasteiger partial charge in [0.1, 0.15) is 23.4 Å². The number of phenols is 1. The molecule has 2 aliphatic rings. The summed E-state index contributed by atoms with van der Waals surface area (Å²) in [4.78, 5) is 29.0. The highest BCUT2D eigenvalue weighted by Gasteiger charge is 2.33. The lowest BCUT2D eigenvalue weighted by Gasteiger charge is -2.38. The summed E-state index contributed by atoms with van der Waals surface area (Å²) < 4.78 is 48.5. The fourth-order valence-electron chi connectivity index (χ4n) is 4.86. The fourth-order valence-corrected chi connectivity index (χ4v) is 4.86. The summed E-state index contributed by atoms with van der Waals surface area (Å²) in [6, 6.07) is 3.61. The van der Waals surface area contributed by atoms with Gasteiger partial charge in [0.15, 0.2) is 0 Å². The first-order chi connectivity index (χ1) is 18.4. The number of benzene rings is 1. The zero-order chi connectivity index (χ0) is 28.3. The Morgan fingerprint density at radius 3 is 2.54 bits per heavy atom. The first-order valence-corrected chi connectivity index (χ1v) is 12.6. The number of carbonyl (C=O) groups is 1. The number of aromatic hydroxyl groups is 1. The van der Waals surface area contributed by atoms with E-state index >= 15 is 0 Å². The number of fused-ring (bicyclic) bond motifs is 1. The van der Waals surface area contributed by atoms with Crippen LogP contribution in [0.5, 0.6) is 17.5 Å². The van der Waals surface area contributed by atoms with Crippen LogP contribution in [0.2, 0.25) is 0 Å². The Labute approximate surface area is 225 Å². The second kappa shape index (κ2) is 11.6. The topological polar surface area (TPSA) is 94.5 Å². The third-order valence-electron chi connectivity index (χ3n) is 6.54. The van der Waals surface area contributed by atoms with Crippen LogP contribution in [0.15, 0.2) is 30.9 Å². The van der Waals surface area contributed by atoms with Crippen molar-refractivity contribution in [3.63, 3.8) is 0 Å². The number of rotatable bonds is 8. The number of halogens is 3. The number of likely N-dealkylation sites (N-methyl/N-ethyl adjacent to an activating group) is 1. The summed E-state index contributed by atoms with van der Waals surface area (Å²) in [5.74, 6) is 0.0168. The van der Waals surface area contributed by atoms with Crippen LogP contribution in [-0.4, -0.2) is 96.6 Å². The maximum absolute atomic E-state index is 12.8. The number of alkyl halides is 3. The lowest BCUT2D eigenvalue weighted by molar-refractivity contribution is -0.274. The highest BCUT2D eigenvalue weighted by Crippen LogP contribution is 2.37. The third kappa shape index (κ3) is 7.02. The lowest BCUT2D eigenvalue weighted by Crippen LogP contribution is -2.49. The van der Waals surface area contributed by atoms with E-state index in [0.29, 0.717) is 51.4 Å². The van der Waals surface area contributed by atoms with Crippen molar-refractivity contribution < 1.29 is 32.5 Å². The molecule has 1 fully saturated rings. The molecule has 0 radical (unpaired) electrons. The average Bonchev–Trinajstić information content (AvgIpc) is 2.87. The van der Waals surface area contributed by atoms with Gasteiger partial charge in [0.25, 0.3) is 0 Å². The zero-order valence-electron chi connectivity index (χ0n) is 22.2. The first kappa shape index (κ1) is 28.3. The van der Waals surface area contributed by atoms with Crippen molar-refractivity contribution in [3.8, 4) is 17.5 Å². The predicted octanol–water partition coefficient (Wildman–Crippen LogP) is 2.81. The van der Waals surface area contributed by atoms with Gasteiger partial charge in [-0.25, -0.2) is 0 Å². The summed E-state index contributed by atoms with van der Waals surface area (Å²) in [5, 5.41) is 10.5. The summed E-state index contributed by atoms with van der Waals surface area (Å²) in [7, 11) is 3.87. The fraction of sp³-hybridized carbons (Fsp3) is 0.500. The van der Waals surface area contributed by atoms with Crippen molar-refractivity contribution in [3.05, 3.63) is 42.1 Å². The van der Waals surface area contributed by atoms with E-state index in [0.717, 1.165) is 17.4 Å². The van der Waals surface area contributed by atoms with Crippen LogP contribution in [0.4, 0.5) is 24.7 Å². The highest BCUT2D eigenvalue weighted by atomic mass is 19.4. The van der Waals surface area contributed by atoms with E-state index in [4.69, 9.17) is 9.72 Å². The van der Waals surface area contributed by atoms with Gasteiger partial charge in [0.05, 0.1) is 17.9 Å². The number of anilines is 2. The molecule has 1 atom stereocenters. The van der Waals surface area contributed by atoms with E-state index in [1.165, 1.54) is 18.2 Å². The molecule has 39 heavy (non-hydrogen) atoms. The molecule has 0 spiro atoms. The van der Waals surface area contributed by atoms with Crippen molar-refractivity contribution in [2.24, 2.45) is 0 Å². The number of hydrogen-bond donors (Lipinski definition) is 1. The second-order valence-corrected chi connectivity index (χ2v) is 9.83. The molecule has 10 nitrogen and oxygen atoms in total. The molecule has 1 saturated heterocycles. The van der Waals surface area contributed by atoms with E-state index in [2.05, 4.69) is 21.2 Å². The molecular weight excluding hydrogens is 517 g/mol. The summed E-state index contributed by atoms with van der Waals surface area (Å²) >= 11 is 0. The van der Waals surface area contributed by atoms with E-state index in [-0.39, 0.29) is 36.0 Å². The number of ether oxygens (including phenoxy) is 2. The highest BCUT2D eigenvalue weighted by molar-refractivity contribution is 5.87. The van der Waals surface area contributed by atoms with Gasteiger partial charge in [-0.1, -0.05) is 6.58 Å². The first-order valence-electron chi connectivity index (χ1n) is 12.6. The summed E-state index contributed by atoms with van der Waals surface area (Å²) in [5.41, 5.74) is 1.77. The smallest absolute Gasteiger partial charge is 0.506 e. The predicted molar refractivity (Wildman–Crippen MR) is 139 cm³/mol. The van der Waals surface area contributed by atoms with Crippen LogP contribution in [0, 0.1) is 0 Å². The van der Waals surface area contributed by atoms with Crippen LogP contribution >= 0.6 is 0 Å². The standard InChI is InChI=1S/C26H33F3N6O4/c1-5-23(37)33-10-12-34(13-11-33)24-19-8-9-35(21-14-18(6-7-22(21)36)39-26(27,28)29)16-20(19)30-25(31-24)38-17(2)15-32(3)4/h5-7,14,17,36H,1,8-13,15-16H2,2-4H3. The van der Waals surface area contributed by atoms with Crippen LogP contribution < -0.4 is 19.3 Å². The molecular formula is C26H33F3N6O4. The Kier molecular flexibility index (Phi) is 8.38. The van der Waals surface area contributed by atoms with Crippen molar-refractivity contribution >= 4 is 17.4 Å². The molecule has 1 aromatic heterocycles. The minimum atomic E-state index is -4.85. The van der Waals surface area contributed by atoms with Crippen LogP contribution in [0.1, 0.15) is 18.2 Å². The number of carbonyl (C=O) groups excluding carboxylic acids is 1. The second-order valence-electron chi connectivity index (χ2n) is 9.83. The van der Waals surface area contributed by atoms with Gasteiger partial charge in [-0.15, -0.1) is 13.2 Å². The quantitative estimate of drug-likeness (QED) is 0.498. The average molecular weight is 551 g/mol. The molecule has 1 aromatic carbocycles. The number of piperazine rings is 1. The number of amides is 1. The molecule has 1 N–H and O–H groups in total. The maximum atomic E-state index is 12.8. The monoisotopic (exact) mass is 550 g/mol. The molecule has 3 heterocycles. The van der Waals surface area contributed by atoms with Gasteiger partial charge in [0.2, 0.25) is 5.91 Å². The minimum absolute atomic E-state index is 0.118. The van der Waals surface area contributed by atoms with Gasteiger partial charge in [-0.05, 0) is 45.6 Å². The Hall–Kier alpha value is -3.74. The molecule has 2 aliphatic heterocycles.